The molecule has 7 nitrogen and oxygen atoms in total. The maximum Gasteiger partial charge on any atom is 0.510 e. The molecule has 0 aliphatic carbocycles. The maximum absolute atomic E-state index is 11.1. The van der Waals surface area contributed by atoms with Gasteiger partial charge in [0.15, 0.2) is 13.6 Å². The van der Waals surface area contributed by atoms with Gasteiger partial charge in [-0.2, -0.15) is 0 Å². The van der Waals surface area contributed by atoms with Gasteiger partial charge in [-0.05, 0) is 41.5 Å². The van der Waals surface area contributed by atoms with E-state index in [0.29, 0.717) is 0 Å². The fraction of sp³-hybridized carbons (Fsp3) is 0.833. The van der Waals surface area contributed by atoms with Crippen LogP contribution in [0.1, 0.15) is 41.5 Å². The molecule has 0 saturated carbocycles. The van der Waals surface area contributed by atoms with Crippen molar-refractivity contribution in [2.45, 2.75) is 52.7 Å². The number of carbonyl (C=O) groups is 2. The van der Waals surface area contributed by atoms with E-state index in [1.807, 2.05) is 0 Å². The fourth-order valence-corrected chi connectivity index (χ4v) is 0.773. The molecule has 0 aromatic heterocycles. The molecule has 0 heterocycles. The summed E-state index contributed by atoms with van der Waals surface area (Å²) in [4.78, 5) is 22.2. The lowest BCUT2D eigenvalue weighted by molar-refractivity contribution is -0.122. The van der Waals surface area contributed by atoms with Crippen molar-refractivity contribution >= 4 is 12.3 Å². The van der Waals surface area contributed by atoms with E-state index in [-0.39, 0.29) is 13.6 Å². The first-order chi connectivity index (χ1) is 8.49. The van der Waals surface area contributed by atoms with Crippen molar-refractivity contribution in [3.8, 4) is 0 Å². The van der Waals surface area contributed by atoms with Crippen molar-refractivity contribution in [3.63, 3.8) is 0 Å². The Bertz CT molecular complexity index is 268. The summed E-state index contributed by atoms with van der Waals surface area (Å²) in [5, 5.41) is 0. The number of hydrogen-bond donors (Lipinski definition) is 0. The van der Waals surface area contributed by atoms with Crippen molar-refractivity contribution in [1.82, 2.24) is 0 Å². The van der Waals surface area contributed by atoms with Gasteiger partial charge < -0.3 is 23.7 Å². The van der Waals surface area contributed by atoms with Crippen LogP contribution < -0.4 is 0 Å². The van der Waals surface area contributed by atoms with Crippen molar-refractivity contribution in [2.24, 2.45) is 0 Å². The molecule has 0 amide bonds. The summed E-state index contributed by atoms with van der Waals surface area (Å²) in [7, 11) is 0. The molecule has 0 unspecified atom stereocenters. The van der Waals surface area contributed by atoms with Gasteiger partial charge in [0.05, 0.1) is 0 Å². The highest BCUT2D eigenvalue weighted by Gasteiger charge is 2.18. The topological polar surface area (TPSA) is 80.3 Å². The van der Waals surface area contributed by atoms with Crippen LogP contribution in [-0.2, 0) is 23.7 Å². The third-order valence-electron chi connectivity index (χ3n) is 1.30. The lowest BCUT2D eigenvalue weighted by Gasteiger charge is -2.19. The largest absolute Gasteiger partial charge is 0.510 e. The van der Waals surface area contributed by atoms with Crippen LogP contribution in [0, 0.1) is 0 Å². The van der Waals surface area contributed by atoms with Crippen molar-refractivity contribution in [2.75, 3.05) is 13.6 Å². The summed E-state index contributed by atoms with van der Waals surface area (Å²) >= 11 is 0. The average molecular weight is 278 g/mol. The third-order valence-corrected chi connectivity index (χ3v) is 1.30. The highest BCUT2D eigenvalue weighted by atomic mass is 16.8. The van der Waals surface area contributed by atoms with Crippen molar-refractivity contribution in [1.29, 1.82) is 0 Å². The molecule has 0 aliphatic rings. The van der Waals surface area contributed by atoms with Crippen LogP contribution in [0.2, 0.25) is 0 Å². The van der Waals surface area contributed by atoms with Gasteiger partial charge in [0.1, 0.15) is 11.2 Å². The minimum absolute atomic E-state index is 0.377. The summed E-state index contributed by atoms with van der Waals surface area (Å²) < 4.78 is 23.6. The zero-order chi connectivity index (χ0) is 15.1. The summed E-state index contributed by atoms with van der Waals surface area (Å²) in [6.07, 6.45) is -1.71. The molecule has 7 heteroatoms. The number of rotatable bonds is 4. The Kier molecular flexibility index (Phi) is 6.61. The Labute approximate surface area is 113 Å². The lowest BCUT2D eigenvalue weighted by Crippen LogP contribution is -2.26. The second kappa shape index (κ2) is 7.18. The smallest absolute Gasteiger partial charge is 0.429 e. The molecule has 0 aromatic carbocycles. The lowest BCUT2D eigenvalue weighted by atomic mass is 10.2. The van der Waals surface area contributed by atoms with E-state index in [2.05, 4.69) is 9.47 Å². The molecule has 0 bridgehead atoms. The van der Waals surface area contributed by atoms with E-state index in [9.17, 15) is 9.59 Å². The minimum atomic E-state index is -0.857. The Balaban J connectivity index is 3.61. The van der Waals surface area contributed by atoms with Crippen LogP contribution in [0.4, 0.5) is 9.59 Å². The van der Waals surface area contributed by atoms with Crippen molar-refractivity contribution in [3.05, 3.63) is 0 Å². The molecule has 0 rings (SSSR count). The number of ether oxygens (including phenoxy) is 5. The molecule has 112 valence electrons. The van der Waals surface area contributed by atoms with Gasteiger partial charge in [-0.25, -0.2) is 9.59 Å². The van der Waals surface area contributed by atoms with Crippen molar-refractivity contribution < 1.29 is 33.3 Å². The molecule has 0 atom stereocenters. The van der Waals surface area contributed by atoms with Gasteiger partial charge in [-0.3, -0.25) is 0 Å². The highest BCUT2D eigenvalue weighted by Crippen LogP contribution is 2.09. The molecule has 0 N–H and O–H groups in total. The molecular weight excluding hydrogens is 256 g/mol. The zero-order valence-electron chi connectivity index (χ0n) is 12.3. The van der Waals surface area contributed by atoms with E-state index in [1.165, 1.54) is 0 Å². The third kappa shape index (κ3) is 12.7. The van der Waals surface area contributed by atoms with E-state index >= 15 is 0 Å². The predicted molar refractivity (Wildman–Crippen MR) is 65.5 cm³/mol. The monoisotopic (exact) mass is 278 g/mol. The second-order valence-corrected chi connectivity index (χ2v) is 5.66. The van der Waals surface area contributed by atoms with Gasteiger partial charge in [-0.1, -0.05) is 0 Å². The van der Waals surface area contributed by atoms with Crippen LogP contribution in [-0.4, -0.2) is 37.1 Å². The fourth-order valence-electron chi connectivity index (χ4n) is 0.773. The highest BCUT2D eigenvalue weighted by molar-refractivity contribution is 5.60. The normalized spacial score (nSPS) is 11.7. The van der Waals surface area contributed by atoms with Gasteiger partial charge in [0.2, 0.25) is 0 Å². The predicted octanol–water partition coefficient (Wildman–Crippen LogP) is 2.82. The number of carbonyl (C=O) groups excluding carboxylic acids is 2. The summed E-state index contributed by atoms with van der Waals surface area (Å²) in [6.45, 7) is 9.50. The first-order valence-electron chi connectivity index (χ1n) is 5.79. The van der Waals surface area contributed by atoms with E-state index in [4.69, 9.17) is 14.2 Å². The average Bonchev–Trinajstić information content (AvgIpc) is 2.10. The molecule has 0 saturated heterocycles. The minimum Gasteiger partial charge on any atom is -0.429 e. The van der Waals surface area contributed by atoms with Gasteiger partial charge in [0, 0.05) is 0 Å². The molecular formula is C12H22O7. The molecule has 0 aliphatic heterocycles. The van der Waals surface area contributed by atoms with Crippen LogP contribution in [0.5, 0.6) is 0 Å². The summed E-state index contributed by atoms with van der Waals surface area (Å²) in [5.74, 6) is 0. The van der Waals surface area contributed by atoms with E-state index in [1.54, 1.807) is 41.5 Å². The first-order valence-corrected chi connectivity index (χ1v) is 5.79. The van der Waals surface area contributed by atoms with Gasteiger partial charge in [-0.15, -0.1) is 0 Å². The standard InChI is InChI=1S/C12H22O7/c1-11(2,3)18-9(13)16-7-15-8-17-10(14)19-12(4,5)6/h7-8H2,1-6H3. The molecule has 0 aromatic rings. The first kappa shape index (κ1) is 17.5. The SMILES string of the molecule is CC(C)(C)OC(=O)OCOCOC(=O)OC(C)(C)C. The van der Waals surface area contributed by atoms with Crippen LogP contribution in [0.3, 0.4) is 0 Å². The van der Waals surface area contributed by atoms with Crippen LogP contribution in [0.25, 0.3) is 0 Å². The van der Waals surface area contributed by atoms with E-state index in [0.717, 1.165) is 0 Å². The molecule has 19 heavy (non-hydrogen) atoms. The Hall–Kier alpha value is -1.50. The quantitative estimate of drug-likeness (QED) is 0.444. The second-order valence-electron chi connectivity index (χ2n) is 5.66. The number of hydrogen-bond acceptors (Lipinski definition) is 7. The van der Waals surface area contributed by atoms with Gasteiger partial charge >= 0.3 is 12.3 Å². The Morgan fingerprint density at radius 3 is 1.32 bits per heavy atom. The van der Waals surface area contributed by atoms with Crippen LogP contribution in [0.15, 0.2) is 0 Å². The maximum atomic E-state index is 11.1. The van der Waals surface area contributed by atoms with Gasteiger partial charge in [0.25, 0.3) is 0 Å². The van der Waals surface area contributed by atoms with Crippen LogP contribution >= 0.6 is 0 Å². The molecule has 0 spiro atoms. The van der Waals surface area contributed by atoms with E-state index < -0.39 is 23.5 Å². The summed E-state index contributed by atoms with van der Waals surface area (Å²) in [5.41, 5.74) is -1.27. The zero-order valence-corrected chi connectivity index (χ0v) is 12.3. The Morgan fingerprint density at radius 2 is 1.05 bits per heavy atom. The Morgan fingerprint density at radius 1 is 0.737 bits per heavy atom. The molecule has 0 fully saturated rings. The molecule has 0 radical (unpaired) electrons. The summed E-state index contributed by atoms with van der Waals surface area (Å²) in [6, 6.07) is 0.